The summed E-state index contributed by atoms with van der Waals surface area (Å²) in [5, 5.41) is 2.98. The summed E-state index contributed by atoms with van der Waals surface area (Å²) in [6.45, 7) is 6.17. The Morgan fingerprint density at radius 3 is 2.26 bits per heavy atom. The van der Waals surface area contributed by atoms with Crippen LogP contribution in [0.1, 0.15) is 19.4 Å². The number of hydrogen-bond acceptors (Lipinski definition) is 3. The maximum absolute atomic E-state index is 12.8. The number of benzene rings is 2. The maximum atomic E-state index is 12.8. The van der Waals surface area contributed by atoms with Gasteiger partial charge in [0.05, 0.1) is 18.9 Å². The van der Waals surface area contributed by atoms with E-state index in [0.29, 0.717) is 13.2 Å². The normalized spacial score (nSPS) is 11.5. The lowest BCUT2D eigenvalue weighted by Gasteiger charge is -2.21. The van der Waals surface area contributed by atoms with E-state index in [9.17, 15) is 4.57 Å². The second kappa shape index (κ2) is 8.11. The van der Waals surface area contributed by atoms with Crippen molar-refractivity contribution in [2.45, 2.75) is 20.8 Å². The van der Waals surface area contributed by atoms with Crippen molar-refractivity contribution in [2.75, 3.05) is 18.3 Å². The number of halogens is 1. The highest BCUT2D eigenvalue weighted by atomic mass is 79.9. The fourth-order valence-electron chi connectivity index (χ4n) is 2.22. The van der Waals surface area contributed by atoms with Crippen molar-refractivity contribution in [1.29, 1.82) is 0 Å². The molecular formula is C17H21BrNO3P. The van der Waals surface area contributed by atoms with E-state index >= 15 is 0 Å². The lowest BCUT2D eigenvalue weighted by atomic mass is 10.0. The van der Waals surface area contributed by atoms with Crippen LogP contribution in [0.5, 0.6) is 0 Å². The molecule has 1 N–H and O–H groups in total. The topological polar surface area (TPSA) is 47.6 Å². The third-order valence-electron chi connectivity index (χ3n) is 3.24. The molecule has 0 bridgehead atoms. The fourth-order valence-corrected chi connectivity index (χ4v) is 3.93. The molecule has 0 saturated carbocycles. The van der Waals surface area contributed by atoms with Crippen LogP contribution >= 0.6 is 23.7 Å². The van der Waals surface area contributed by atoms with Crippen molar-refractivity contribution < 1.29 is 13.6 Å². The van der Waals surface area contributed by atoms with Crippen molar-refractivity contribution in [3.05, 3.63) is 52.5 Å². The van der Waals surface area contributed by atoms with Crippen molar-refractivity contribution in [3.63, 3.8) is 0 Å². The monoisotopic (exact) mass is 397 g/mol. The highest BCUT2D eigenvalue weighted by molar-refractivity contribution is 9.10. The van der Waals surface area contributed by atoms with Gasteiger partial charge in [0.25, 0.3) is 0 Å². The van der Waals surface area contributed by atoms with E-state index < -0.39 is 7.75 Å². The molecule has 0 radical (unpaired) electrons. The standard InChI is InChI=1S/C17H21BrNO3P/c1-4-21-23(20,22-5-2)19-17-11-13(3)16(18)12-15(17)14-9-7-6-8-10-14/h6-12H,4-5H2,1-3H3,(H,19,20). The quantitative estimate of drug-likeness (QED) is 0.580. The summed E-state index contributed by atoms with van der Waals surface area (Å²) >= 11 is 3.56. The van der Waals surface area contributed by atoms with Crippen LogP contribution in [0.3, 0.4) is 0 Å². The molecule has 0 unspecified atom stereocenters. The Labute approximate surface area is 145 Å². The summed E-state index contributed by atoms with van der Waals surface area (Å²) in [5.74, 6) is 0. The number of anilines is 1. The molecule has 0 aromatic heterocycles. The summed E-state index contributed by atoms with van der Waals surface area (Å²) in [6, 6.07) is 13.9. The second-order valence-electron chi connectivity index (χ2n) is 4.96. The predicted molar refractivity (Wildman–Crippen MR) is 98.8 cm³/mol. The summed E-state index contributed by atoms with van der Waals surface area (Å²) in [4.78, 5) is 0. The molecule has 6 heteroatoms. The van der Waals surface area contributed by atoms with Gasteiger partial charge in [-0.1, -0.05) is 46.3 Å². The van der Waals surface area contributed by atoms with E-state index in [1.165, 1.54) is 0 Å². The molecule has 4 nitrogen and oxygen atoms in total. The van der Waals surface area contributed by atoms with Gasteiger partial charge in [-0.05, 0) is 44.0 Å². The molecule has 0 amide bonds. The molecule has 0 aliphatic carbocycles. The lowest BCUT2D eigenvalue weighted by Crippen LogP contribution is -2.06. The third-order valence-corrected chi connectivity index (χ3v) is 5.80. The molecule has 2 aromatic rings. The largest absolute Gasteiger partial charge is 0.432 e. The first-order valence-electron chi connectivity index (χ1n) is 7.52. The number of rotatable bonds is 7. The smallest absolute Gasteiger partial charge is 0.293 e. The van der Waals surface area contributed by atoms with Gasteiger partial charge < -0.3 is 0 Å². The molecule has 2 rings (SSSR count). The summed E-state index contributed by atoms with van der Waals surface area (Å²) < 4.78 is 24.5. The Balaban J connectivity index is 2.48. The third kappa shape index (κ3) is 4.67. The first-order chi connectivity index (χ1) is 11.0. The summed E-state index contributed by atoms with van der Waals surface area (Å²) in [6.07, 6.45) is 0. The summed E-state index contributed by atoms with van der Waals surface area (Å²) in [7, 11) is -3.39. The molecular weight excluding hydrogens is 377 g/mol. The van der Waals surface area contributed by atoms with Crippen LogP contribution in [0.2, 0.25) is 0 Å². The number of aryl methyl sites for hydroxylation is 1. The van der Waals surface area contributed by atoms with E-state index in [1.807, 2.05) is 49.4 Å². The van der Waals surface area contributed by atoms with Crippen molar-refractivity contribution in [2.24, 2.45) is 0 Å². The average Bonchev–Trinajstić information content (AvgIpc) is 2.52. The Morgan fingerprint density at radius 1 is 1.09 bits per heavy atom. The Morgan fingerprint density at radius 2 is 1.70 bits per heavy atom. The molecule has 2 aromatic carbocycles. The molecule has 0 atom stereocenters. The van der Waals surface area contributed by atoms with Gasteiger partial charge in [-0.2, -0.15) is 0 Å². The first kappa shape index (κ1) is 18.2. The van der Waals surface area contributed by atoms with Gasteiger partial charge in [-0.25, -0.2) is 4.57 Å². The summed E-state index contributed by atoms with van der Waals surface area (Å²) in [5.41, 5.74) is 3.71. The Hall–Kier alpha value is -1.13. The van der Waals surface area contributed by atoms with Crippen LogP contribution in [-0.2, 0) is 13.6 Å². The van der Waals surface area contributed by atoms with Crippen LogP contribution in [0, 0.1) is 6.92 Å². The lowest BCUT2D eigenvalue weighted by molar-refractivity contribution is 0.225. The maximum Gasteiger partial charge on any atom is 0.432 e. The molecule has 0 aliphatic heterocycles. The van der Waals surface area contributed by atoms with Gasteiger partial charge in [0.1, 0.15) is 0 Å². The highest BCUT2D eigenvalue weighted by Crippen LogP contribution is 2.50. The van der Waals surface area contributed by atoms with E-state index in [0.717, 1.165) is 26.9 Å². The fraction of sp³-hybridized carbons (Fsp3) is 0.294. The Kier molecular flexibility index (Phi) is 6.42. The molecule has 0 spiro atoms. The molecule has 124 valence electrons. The van der Waals surface area contributed by atoms with Gasteiger partial charge in [-0.15, -0.1) is 0 Å². The second-order valence-corrected chi connectivity index (χ2v) is 7.55. The molecule has 23 heavy (non-hydrogen) atoms. The van der Waals surface area contributed by atoms with E-state index in [1.54, 1.807) is 13.8 Å². The van der Waals surface area contributed by atoms with E-state index in [2.05, 4.69) is 21.0 Å². The molecule has 0 fully saturated rings. The van der Waals surface area contributed by atoms with Crippen LogP contribution in [0.4, 0.5) is 5.69 Å². The van der Waals surface area contributed by atoms with Gasteiger partial charge in [0.15, 0.2) is 0 Å². The van der Waals surface area contributed by atoms with Crippen LogP contribution < -0.4 is 5.09 Å². The zero-order valence-corrected chi connectivity index (χ0v) is 16.0. The van der Waals surface area contributed by atoms with Crippen LogP contribution in [-0.4, -0.2) is 13.2 Å². The average molecular weight is 398 g/mol. The minimum absolute atomic E-state index is 0.306. The zero-order chi connectivity index (χ0) is 16.9. The first-order valence-corrected chi connectivity index (χ1v) is 9.85. The highest BCUT2D eigenvalue weighted by Gasteiger charge is 2.25. The van der Waals surface area contributed by atoms with Crippen LogP contribution in [0.15, 0.2) is 46.9 Å². The predicted octanol–water partition coefficient (Wildman–Crippen LogP) is 6.02. The van der Waals surface area contributed by atoms with Crippen molar-refractivity contribution >= 4 is 29.4 Å². The van der Waals surface area contributed by atoms with Crippen LogP contribution in [0.25, 0.3) is 11.1 Å². The van der Waals surface area contributed by atoms with E-state index in [4.69, 9.17) is 9.05 Å². The van der Waals surface area contributed by atoms with E-state index in [-0.39, 0.29) is 0 Å². The van der Waals surface area contributed by atoms with Gasteiger partial charge in [-0.3, -0.25) is 14.1 Å². The minimum Gasteiger partial charge on any atom is -0.293 e. The Bertz CT molecular complexity index is 696. The molecule has 0 aliphatic rings. The minimum atomic E-state index is -3.39. The number of nitrogens with one attached hydrogen (secondary N) is 1. The van der Waals surface area contributed by atoms with Crippen molar-refractivity contribution in [3.8, 4) is 11.1 Å². The SMILES string of the molecule is CCOP(=O)(Nc1cc(C)c(Br)cc1-c1ccccc1)OCC. The van der Waals surface area contributed by atoms with Gasteiger partial charge >= 0.3 is 7.75 Å². The zero-order valence-electron chi connectivity index (χ0n) is 13.5. The molecule has 0 saturated heterocycles. The molecule has 0 heterocycles. The number of hydrogen-bond donors (Lipinski definition) is 1. The van der Waals surface area contributed by atoms with Crippen molar-refractivity contribution in [1.82, 2.24) is 0 Å². The van der Waals surface area contributed by atoms with Gasteiger partial charge in [0.2, 0.25) is 0 Å². The van der Waals surface area contributed by atoms with Gasteiger partial charge in [0, 0.05) is 10.0 Å².